The van der Waals surface area contributed by atoms with Crippen LogP contribution in [0.2, 0.25) is 0 Å². The summed E-state index contributed by atoms with van der Waals surface area (Å²) in [6, 6.07) is 0.314. The van der Waals surface area contributed by atoms with Gasteiger partial charge in [-0.05, 0) is 51.4 Å². The van der Waals surface area contributed by atoms with E-state index >= 15 is 0 Å². The second kappa shape index (κ2) is 6.37. The van der Waals surface area contributed by atoms with Crippen LogP contribution in [0.25, 0.3) is 0 Å². The molecule has 29 heavy (non-hydrogen) atoms. The lowest BCUT2D eigenvalue weighted by Crippen LogP contribution is -2.53. The summed E-state index contributed by atoms with van der Waals surface area (Å²) in [7, 11) is 0. The standard InChI is InChI=1S/C21H31N5O3/c1-3-11-25-16-14(15-22-13(4-2)12-26(15)19(25)29)23-17(24-16)20-5-8-21(9-6-20,10-7-20)18(27)28/h13,16,22H,3-12H2,1-2H3,(H,23,24)(H,27,28)/t13-,16?,20?,21?/m1/s1. The van der Waals surface area contributed by atoms with Gasteiger partial charge in [0.05, 0.1) is 5.41 Å². The molecule has 3 aliphatic carbocycles. The highest BCUT2D eigenvalue weighted by Gasteiger charge is 2.57. The van der Waals surface area contributed by atoms with Crippen molar-refractivity contribution in [2.24, 2.45) is 15.8 Å². The number of aliphatic carboxylic acids is 1. The number of urea groups is 1. The highest BCUT2D eigenvalue weighted by molar-refractivity contribution is 5.94. The highest BCUT2D eigenvalue weighted by Crippen LogP contribution is 2.58. The van der Waals surface area contributed by atoms with Gasteiger partial charge in [-0.2, -0.15) is 0 Å². The van der Waals surface area contributed by atoms with Gasteiger partial charge in [0.15, 0.2) is 6.17 Å². The van der Waals surface area contributed by atoms with Gasteiger partial charge in [0, 0.05) is 24.5 Å². The van der Waals surface area contributed by atoms with Gasteiger partial charge in [-0.1, -0.05) is 13.8 Å². The van der Waals surface area contributed by atoms with E-state index in [9.17, 15) is 14.7 Å². The summed E-state index contributed by atoms with van der Waals surface area (Å²) in [6.07, 6.45) is 6.31. The van der Waals surface area contributed by atoms with Crippen LogP contribution in [0.4, 0.5) is 4.79 Å². The van der Waals surface area contributed by atoms with Crippen molar-refractivity contribution in [2.75, 3.05) is 13.1 Å². The van der Waals surface area contributed by atoms with Crippen LogP contribution in [0.3, 0.4) is 0 Å². The number of carbonyl (C=O) groups excluding carboxylic acids is 1. The summed E-state index contributed by atoms with van der Waals surface area (Å²) in [5, 5.41) is 16.9. The molecule has 8 nitrogen and oxygen atoms in total. The van der Waals surface area contributed by atoms with Crippen molar-refractivity contribution in [3.05, 3.63) is 11.5 Å². The van der Waals surface area contributed by atoms with Gasteiger partial charge in [0.2, 0.25) is 0 Å². The smallest absolute Gasteiger partial charge is 0.327 e. The van der Waals surface area contributed by atoms with Gasteiger partial charge in [0.1, 0.15) is 17.4 Å². The number of nitrogens with zero attached hydrogens (tertiary/aromatic N) is 3. The third-order valence-corrected chi connectivity index (χ3v) is 7.96. The molecule has 0 aromatic heterocycles. The molecule has 3 N–H and O–H groups in total. The first kappa shape index (κ1) is 18.8. The first-order chi connectivity index (χ1) is 13.9. The van der Waals surface area contributed by atoms with Gasteiger partial charge < -0.3 is 15.7 Å². The van der Waals surface area contributed by atoms with Gasteiger partial charge in [-0.15, -0.1) is 0 Å². The van der Waals surface area contributed by atoms with E-state index in [-0.39, 0.29) is 23.7 Å². The number of amides is 2. The van der Waals surface area contributed by atoms with E-state index in [0.717, 1.165) is 68.7 Å². The molecule has 0 aromatic carbocycles. The van der Waals surface area contributed by atoms with Crippen LogP contribution in [-0.2, 0) is 4.79 Å². The van der Waals surface area contributed by atoms with E-state index in [1.807, 2.05) is 9.80 Å². The van der Waals surface area contributed by atoms with E-state index < -0.39 is 11.4 Å². The number of carboxylic acids is 1. The molecule has 0 spiro atoms. The molecule has 158 valence electrons. The number of carboxylic acid groups (broad SMARTS) is 1. The molecule has 3 saturated carbocycles. The van der Waals surface area contributed by atoms with Crippen molar-refractivity contribution < 1.29 is 14.7 Å². The van der Waals surface area contributed by atoms with Crippen molar-refractivity contribution in [3.8, 4) is 0 Å². The molecule has 1 unspecified atom stereocenters. The van der Waals surface area contributed by atoms with Gasteiger partial charge in [0.25, 0.3) is 0 Å². The number of carbonyl (C=O) groups is 2. The number of nitrogens with one attached hydrogen (secondary N) is 2. The first-order valence-corrected chi connectivity index (χ1v) is 11.1. The monoisotopic (exact) mass is 401 g/mol. The molecule has 2 bridgehead atoms. The lowest BCUT2D eigenvalue weighted by Gasteiger charge is -2.51. The van der Waals surface area contributed by atoms with Gasteiger partial charge in [-0.3, -0.25) is 14.6 Å². The molecule has 0 aromatic rings. The summed E-state index contributed by atoms with van der Waals surface area (Å²) in [4.78, 5) is 33.8. The summed E-state index contributed by atoms with van der Waals surface area (Å²) in [5.41, 5.74) is 0.396. The number of hydrogen-bond acceptors (Lipinski definition) is 5. The third-order valence-electron chi connectivity index (χ3n) is 7.96. The van der Waals surface area contributed by atoms with E-state index in [0.29, 0.717) is 13.1 Å². The Bertz CT molecular complexity index is 795. The van der Waals surface area contributed by atoms with E-state index in [4.69, 9.17) is 4.99 Å². The van der Waals surface area contributed by atoms with Crippen molar-refractivity contribution in [1.29, 1.82) is 0 Å². The molecule has 3 aliphatic heterocycles. The Labute approximate surface area is 171 Å². The number of hydrogen-bond donors (Lipinski definition) is 3. The van der Waals surface area contributed by atoms with Crippen molar-refractivity contribution >= 4 is 17.8 Å². The molecular weight excluding hydrogens is 370 g/mol. The Balaban J connectivity index is 1.47. The Morgan fingerprint density at radius 2 is 1.90 bits per heavy atom. The Kier molecular flexibility index (Phi) is 4.12. The van der Waals surface area contributed by atoms with Crippen LogP contribution in [0, 0.1) is 10.8 Å². The second-order valence-corrected chi connectivity index (χ2v) is 9.44. The second-order valence-electron chi connectivity index (χ2n) is 9.44. The van der Waals surface area contributed by atoms with E-state index in [1.54, 1.807) is 0 Å². The van der Waals surface area contributed by atoms with Crippen LogP contribution in [0.15, 0.2) is 16.5 Å². The van der Waals surface area contributed by atoms with Crippen LogP contribution in [0.1, 0.15) is 65.2 Å². The van der Waals surface area contributed by atoms with Crippen molar-refractivity contribution in [2.45, 2.75) is 77.4 Å². The molecule has 8 heteroatoms. The van der Waals surface area contributed by atoms with Crippen LogP contribution in [-0.4, -0.2) is 58.0 Å². The molecule has 4 fully saturated rings. The Hall–Kier alpha value is -2.25. The summed E-state index contributed by atoms with van der Waals surface area (Å²) in [5.74, 6) is 1.23. The summed E-state index contributed by atoms with van der Waals surface area (Å²) < 4.78 is 0. The zero-order valence-electron chi connectivity index (χ0n) is 17.3. The maximum atomic E-state index is 13.2. The van der Waals surface area contributed by atoms with Gasteiger partial charge >= 0.3 is 12.0 Å². The topological polar surface area (TPSA) is 97.3 Å². The van der Waals surface area contributed by atoms with Gasteiger partial charge in [-0.25, -0.2) is 9.79 Å². The quantitative estimate of drug-likeness (QED) is 0.657. The zero-order chi connectivity index (χ0) is 20.4. The third kappa shape index (κ3) is 2.53. The number of amidine groups is 1. The number of rotatable bonds is 5. The minimum Gasteiger partial charge on any atom is -0.481 e. The van der Waals surface area contributed by atoms with Crippen molar-refractivity contribution in [3.63, 3.8) is 0 Å². The average Bonchev–Trinajstić information content (AvgIpc) is 3.37. The largest absolute Gasteiger partial charge is 0.481 e. The van der Waals surface area contributed by atoms with Crippen LogP contribution in [0.5, 0.6) is 0 Å². The molecule has 2 amide bonds. The molecule has 3 heterocycles. The Morgan fingerprint density at radius 1 is 1.21 bits per heavy atom. The lowest BCUT2D eigenvalue weighted by atomic mass is 9.53. The fourth-order valence-corrected chi connectivity index (χ4v) is 5.92. The van der Waals surface area contributed by atoms with E-state index in [2.05, 4.69) is 24.5 Å². The fraction of sp³-hybridized carbons (Fsp3) is 0.762. The maximum absolute atomic E-state index is 13.2. The molecule has 6 aliphatic rings. The highest BCUT2D eigenvalue weighted by atomic mass is 16.4. The van der Waals surface area contributed by atoms with Crippen LogP contribution >= 0.6 is 0 Å². The summed E-state index contributed by atoms with van der Waals surface area (Å²) >= 11 is 0. The summed E-state index contributed by atoms with van der Waals surface area (Å²) in [6.45, 7) is 5.60. The van der Waals surface area contributed by atoms with Crippen molar-refractivity contribution in [1.82, 2.24) is 20.4 Å². The molecule has 0 radical (unpaired) electrons. The number of fused-ring (bicyclic) bond motifs is 5. The Morgan fingerprint density at radius 3 is 2.48 bits per heavy atom. The van der Waals surface area contributed by atoms with E-state index in [1.165, 1.54) is 0 Å². The fourth-order valence-electron chi connectivity index (χ4n) is 5.92. The predicted octanol–water partition coefficient (Wildman–Crippen LogP) is 2.44. The average molecular weight is 402 g/mol. The molecule has 2 atom stereocenters. The molecular formula is C21H31N5O3. The minimum atomic E-state index is -0.637. The zero-order valence-corrected chi connectivity index (χ0v) is 17.3. The first-order valence-electron chi connectivity index (χ1n) is 11.1. The molecule has 6 rings (SSSR count). The molecule has 1 saturated heterocycles. The number of aliphatic imine (C=N–C) groups is 1. The van der Waals surface area contributed by atoms with Crippen LogP contribution < -0.4 is 10.6 Å². The maximum Gasteiger partial charge on any atom is 0.327 e. The minimum absolute atomic E-state index is 0.0422. The lowest BCUT2D eigenvalue weighted by molar-refractivity contribution is -0.156. The normalized spacial score (nSPS) is 37.9. The SMILES string of the molecule is CCCN1C(=O)N2C[C@@H](CC)NC2=C2NC(C34CCC(C(=O)O)(CC3)CC4)=NC21. The predicted molar refractivity (Wildman–Crippen MR) is 108 cm³/mol.